The van der Waals surface area contributed by atoms with Crippen LogP contribution in [-0.4, -0.2) is 23.6 Å². The third-order valence-electron chi connectivity index (χ3n) is 4.66. The van der Waals surface area contributed by atoms with Gasteiger partial charge in [-0.1, -0.05) is 44.2 Å². The number of benzene rings is 1. The molecule has 2 atom stereocenters. The number of hydrogen-bond acceptors (Lipinski definition) is 3. The highest BCUT2D eigenvalue weighted by Crippen LogP contribution is 2.42. The summed E-state index contributed by atoms with van der Waals surface area (Å²) in [6.07, 6.45) is 1.23. The molecule has 1 heterocycles. The molecule has 2 unspecified atom stereocenters. The van der Waals surface area contributed by atoms with Gasteiger partial charge in [-0.3, -0.25) is 0 Å². The Morgan fingerprint density at radius 2 is 2.00 bits per heavy atom. The van der Waals surface area contributed by atoms with E-state index < -0.39 is 0 Å². The van der Waals surface area contributed by atoms with Crippen molar-refractivity contribution in [1.29, 1.82) is 0 Å². The van der Waals surface area contributed by atoms with Crippen molar-refractivity contribution in [3.8, 4) is 0 Å². The first-order valence-electron chi connectivity index (χ1n) is 7.11. The van der Waals surface area contributed by atoms with E-state index in [2.05, 4.69) is 56.4 Å². The molecule has 0 radical (unpaired) electrons. The Kier molecular flexibility index (Phi) is 4.59. The van der Waals surface area contributed by atoms with Crippen LogP contribution in [0.5, 0.6) is 0 Å². The molecular weight excluding hydrogens is 252 g/mol. The molecule has 1 fully saturated rings. The first-order valence-corrected chi connectivity index (χ1v) is 8.27. The van der Waals surface area contributed by atoms with E-state index in [0.29, 0.717) is 12.6 Å². The van der Waals surface area contributed by atoms with Crippen molar-refractivity contribution in [3.05, 3.63) is 35.9 Å². The molecule has 1 aromatic rings. The molecule has 0 aliphatic carbocycles. The van der Waals surface area contributed by atoms with Crippen LogP contribution in [0.2, 0.25) is 0 Å². The van der Waals surface area contributed by atoms with Crippen molar-refractivity contribution >= 4 is 11.8 Å². The van der Waals surface area contributed by atoms with Gasteiger partial charge < -0.3 is 11.1 Å². The summed E-state index contributed by atoms with van der Waals surface area (Å²) in [5.41, 5.74) is 7.78. The third kappa shape index (κ3) is 2.99. The molecule has 19 heavy (non-hydrogen) atoms. The van der Waals surface area contributed by atoms with Crippen molar-refractivity contribution < 1.29 is 0 Å². The Morgan fingerprint density at radius 3 is 2.58 bits per heavy atom. The summed E-state index contributed by atoms with van der Waals surface area (Å²) in [5, 5.41) is 3.84. The summed E-state index contributed by atoms with van der Waals surface area (Å²) in [5.74, 6) is 2.35. The molecule has 3 heteroatoms. The molecule has 0 saturated carbocycles. The monoisotopic (exact) mass is 278 g/mol. The van der Waals surface area contributed by atoms with Crippen LogP contribution in [-0.2, 0) is 0 Å². The maximum Gasteiger partial charge on any atom is 0.0451 e. The number of rotatable bonds is 4. The van der Waals surface area contributed by atoms with Crippen LogP contribution in [0.4, 0.5) is 0 Å². The third-order valence-corrected chi connectivity index (χ3v) is 5.85. The van der Waals surface area contributed by atoms with Gasteiger partial charge in [0.2, 0.25) is 0 Å². The van der Waals surface area contributed by atoms with Crippen LogP contribution >= 0.6 is 11.8 Å². The molecule has 0 amide bonds. The highest BCUT2D eigenvalue weighted by atomic mass is 32.2. The fourth-order valence-electron chi connectivity index (χ4n) is 2.88. The van der Waals surface area contributed by atoms with Crippen molar-refractivity contribution in [2.75, 3.05) is 18.1 Å². The fraction of sp³-hybridized carbons (Fsp3) is 0.625. The molecule has 1 saturated heterocycles. The van der Waals surface area contributed by atoms with Gasteiger partial charge in [0.1, 0.15) is 0 Å². The van der Waals surface area contributed by atoms with Gasteiger partial charge in [-0.2, -0.15) is 11.8 Å². The number of nitrogens with one attached hydrogen (secondary N) is 1. The first kappa shape index (κ1) is 14.9. The average molecular weight is 278 g/mol. The predicted octanol–water partition coefficient (Wildman–Crippen LogP) is 3.20. The summed E-state index contributed by atoms with van der Waals surface area (Å²) < 4.78 is 0. The lowest BCUT2D eigenvalue weighted by molar-refractivity contribution is 0.124. The minimum atomic E-state index is 0.0329. The number of hydrogen-bond donors (Lipinski definition) is 2. The second-order valence-corrected chi connectivity index (χ2v) is 7.35. The van der Waals surface area contributed by atoms with Crippen LogP contribution in [0.25, 0.3) is 0 Å². The molecule has 106 valence electrons. The molecule has 0 aromatic heterocycles. The van der Waals surface area contributed by atoms with Gasteiger partial charge in [-0.15, -0.1) is 0 Å². The standard InChI is InChI=1S/C16H26N2S/c1-13(14-7-5-4-6-8-14)18-16(11-17)12-19-10-9-15(16,2)3/h4-8,13,18H,9-12,17H2,1-3H3. The lowest BCUT2D eigenvalue weighted by atomic mass is 9.70. The van der Waals surface area contributed by atoms with E-state index in [4.69, 9.17) is 5.73 Å². The van der Waals surface area contributed by atoms with E-state index in [1.807, 2.05) is 11.8 Å². The van der Waals surface area contributed by atoms with Gasteiger partial charge in [0.15, 0.2) is 0 Å². The van der Waals surface area contributed by atoms with Gasteiger partial charge in [0.25, 0.3) is 0 Å². The lowest BCUT2D eigenvalue weighted by Crippen LogP contribution is -2.64. The van der Waals surface area contributed by atoms with Gasteiger partial charge in [-0.05, 0) is 30.1 Å². The van der Waals surface area contributed by atoms with Crippen LogP contribution < -0.4 is 11.1 Å². The fourth-order valence-corrected chi connectivity index (χ4v) is 4.62. The smallest absolute Gasteiger partial charge is 0.0451 e. The summed E-state index contributed by atoms with van der Waals surface area (Å²) in [6.45, 7) is 7.64. The maximum absolute atomic E-state index is 6.16. The molecule has 0 spiro atoms. The topological polar surface area (TPSA) is 38.0 Å². The van der Waals surface area contributed by atoms with Gasteiger partial charge in [0.05, 0.1) is 0 Å². The summed E-state index contributed by atoms with van der Waals surface area (Å²) in [6, 6.07) is 11.0. The summed E-state index contributed by atoms with van der Waals surface area (Å²) in [7, 11) is 0. The van der Waals surface area contributed by atoms with Gasteiger partial charge in [0, 0.05) is 23.9 Å². The van der Waals surface area contributed by atoms with E-state index >= 15 is 0 Å². The molecule has 2 rings (SSSR count). The molecule has 3 N–H and O–H groups in total. The van der Waals surface area contributed by atoms with E-state index in [-0.39, 0.29) is 11.0 Å². The van der Waals surface area contributed by atoms with Crippen molar-refractivity contribution in [3.63, 3.8) is 0 Å². The molecule has 1 aliphatic heterocycles. The van der Waals surface area contributed by atoms with Crippen LogP contribution in [0, 0.1) is 5.41 Å². The highest BCUT2D eigenvalue weighted by Gasteiger charge is 2.46. The zero-order valence-corrected chi connectivity index (χ0v) is 13.1. The SMILES string of the molecule is CC(NC1(CN)CSCCC1(C)C)c1ccccc1. The average Bonchev–Trinajstić information content (AvgIpc) is 2.42. The van der Waals surface area contributed by atoms with Crippen LogP contribution in [0.3, 0.4) is 0 Å². The predicted molar refractivity (Wildman–Crippen MR) is 85.5 cm³/mol. The second kappa shape index (κ2) is 5.86. The van der Waals surface area contributed by atoms with Crippen LogP contribution in [0.15, 0.2) is 30.3 Å². The minimum absolute atomic E-state index is 0.0329. The Morgan fingerprint density at radius 1 is 1.32 bits per heavy atom. The maximum atomic E-state index is 6.16. The van der Waals surface area contributed by atoms with E-state index in [1.165, 1.54) is 17.7 Å². The zero-order chi connectivity index (χ0) is 13.9. The quantitative estimate of drug-likeness (QED) is 0.888. The first-order chi connectivity index (χ1) is 9.01. The second-order valence-electron chi connectivity index (χ2n) is 6.25. The zero-order valence-electron chi connectivity index (χ0n) is 12.3. The normalized spacial score (nSPS) is 28.0. The van der Waals surface area contributed by atoms with Gasteiger partial charge >= 0.3 is 0 Å². The molecule has 0 bridgehead atoms. The number of nitrogens with two attached hydrogens (primary N) is 1. The van der Waals surface area contributed by atoms with Crippen molar-refractivity contribution in [1.82, 2.24) is 5.32 Å². The highest BCUT2D eigenvalue weighted by molar-refractivity contribution is 7.99. The molecule has 2 nitrogen and oxygen atoms in total. The summed E-state index contributed by atoms with van der Waals surface area (Å²) in [4.78, 5) is 0. The largest absolute Gasteiger partial charge is 0.329 e. The Labute approximate surface area is 121 Å². The van der Waals surface area contributed by atoms with Crippen LogP contribution in [0.1, 0.15) is 38.8 Å². The lowest BCUT2D eigenvalue weighted by Gasteiger charge is -2.51. The molecule has 1 aromatic carbocycles. The van der Waals surface area contributed by atoms with Gasteiger partial charge in [-0.25, -0.2) is 0 Å². The Bertz CT molecular complexity index is 404. The van der Waals surface area contributed by atoms with E-state index in [9.17, 15) is 0 Å². The minimum Gasteiger partial charge on any atom is -0.329 e. The van der Waals surface area contributed by atoms with Crippen molar-refractivity contribution in [2.24, 2.45) is 11.1 Å². The van der Waals surface area contributed by atoms with Crippen molar-refractivity contribution in [2.45, 2.75) is 38.8 Å². The van der Waals surface area contributed by atoms with E-state index in [0.717, 1.165) is 5.75 Å². The Hall–Kier alpha value is -0.510. The number of thioether (sulfide) groups is 1. The van der Waals surface area contributed by atoms with E-state index in [1.54, 1.807) is 0 Å². The Balaban J connectivity index is 2.18. The molecule has 1 aliphatic rings. The summed E-state index contributed by atoms with van der Waals surface area (Å²) >= 11 is 2.02. The molecular formula is C16H26N2S.